The Labute approximate surface area is 123 Å². The van der Waals surface area contributed by atoms with Crippen LogP contribution in [0.4, 0.5) is 0 Å². The number of benzene rings is 2. The van der Waals surface area contributed by atoms with E-state index in [9.17, 15) is 9.90 Å². The molecule has 104 valence electrons. The summed E-state index contributed by atoms with van der Waals surface area (Å²) in [7, 11) is 0. The molecule has 20 heavy (non-hydrogen) atoms. The van der Waals surface area contributed by atoms with Crippen LogP contribution in [0.3, 0.4) is 0 Å². The summed E-state index contributed by atoms with van der Waals surface area (Å²) >= 11 is 6.08. The monoisotopic (exact) mass is 289 g/mol. The first-order valence-corrected chi connectivity index (χ1v) is 6.71. The van der Waals surface area contributed by atoms with Crippen LogP contribution < -0.4 is 5.32 Å². The number of carbonyl (C=O) groups excluding carboxylic acids is 1. The minimum absolute atomic E-state index is 0.0646. The summed E-state index contributed by atoms with van der Waals surface area (Å²) in [6.07, 6.45) is -0.751. The van der Waals surface area contributed by atoms with Crippen molar-refractivity contribution in [2.75, 3.05) is 0 Å². The molecule has 1 atom stereocenters. The summed E-state index contributed by atoms with van der Waals surface area (Å²) in [4.78, 5) is 10.8. The summed E-state index contributed by atoms with van der Waals surface area (Å²) in [5, 5.41) is 13.6. The Morgan fingerprint density at radius 2 is 1.85 bits per heavy atom. The maximum atomic E-state index is 10.8. The van der Waals surface area contributed by atoms with Crippen molar-refractivity contribution in [3.8, 4) is 0 Å². The number of halogens is 1. The zero-order valence-corrected chi connectivity index (χ0v) is 11.9. The Morgan fingerprint density at radius 1 is 1.20 bits per heavy atom. The lowest BCUT2D eigenvalue weighted by Crippen LogP contribution is -2.18. The molecule has 1 unspecified atom stereocenters. The summed E-state index contributed by atoms with van der Waals surface area (Å²) < 4.78 is 0. The third-order valence-corrected chi connectivity index (χ3v) is 3.38. The van der Waals surface area contributed by atoms with Crippen LogP contribution in [0.5, 0.6) is 0 Å². The predicted molar refractivity (Wildman–Crippen MR) is 79.5 cm³/mol. The van der Waals surface area contributed by atoms with Gasteiger partial charge in [-0.25, -0.2) is 0 Å². The van der Waals surface area contributed by atoms with Crippen molar-refractivity contribution >= 4 is 17.5 Å². The van der Waals surface area contributed by atoms with Crippen molar-refractivity contribution in [3.63, 3.8) is 0 Å². The molecule has 0 spiro atoms. The largest absolute Gasteiger partial charge is 0.384 e. The molecule has 0 aliphatic rings. The van der Waals surface area contributed by atoms with Crippen molar-refractivity contribution < 1.29 is 9.90 Å². The third kappa shape index (κ3) is 3.59. The maximum absolute atomic E-state index is 10.8. The third-order valence-electron chi connectivity index (χ3n) is 3.04. The number of aliphatic hydroxyl groups excluding tert-OH is 1. The number of hydrogen-bond donors (Lipinski definition) is 2. The minimum Gasteiger partial charge on any atom is -0.384 e. The Balaban J connectivity index is 2.13. The van der Waals surface area contributed by atoms with Gasteiger partial charge in [0, 0.05) is 24.1 Å². The van der Waals surface area contributed by atoms with E-state index in [-0.39, 0.29) is 5.91 Å². The average Bonchev–Trinajstić information content (AvgIpc) is 2.45. The van der Waals surface area contributed by atoms with Crippen LogP contribution >= 0.6 is 11.6 Å². The second kappa shape index (κ2) is 6.55. The SMILES string of the molecule is CC(=O)NCc1ccc(C(O)c2ccccc2Cl)cc1. The van der Waals surface area contributed by atoms with Crippen LogP contribution in [0.25, 0.3) is 0 Å². The lowest BCUT2D eigenvalue weighted by atomic mass is 10.0. The van der Waals surface area contributed by atoms with E-state index in [4.69, 9.17) is 11.6 Å². The zero-order valence-electron chi connectivity index (χ0n) is 11.1. The molecule has 0 aromatic heterocycles. The van der Waals surface area contributed by atoms with Crippen LogP contribution in [0.15, 0.2) is 48.5 Å². The highest BCUT2D eigenvalue weighted by Crippen LogP contribution is 2.28. The number of hydrogen-bond acceptors (Lipinski definition) is 2. The van der Waals surface area contributed by atoms with Crippen LogP contribution in [0.2, 0.25) is 5.02 Å². The number of aliphatic hydroxyl groups is 1. The van der Waals surface area contributed by atoms with Crippen molar-refractivity contribution in [3.05, 3.63) is 70.2 Å². The van der Waals surface area contributed by atoms with Gasteiger partial charge < -0.3 is 10.4 Å². The number of carbonyl (C=O) groups is 1. The molecule has 2 N–H and O–H groups in total. The Kier molecular flexibility index (Phi) is 4.77. The standard InChI is InChI=1S/C16H16ClNO2/c1-11(19)18-10-12-6-8-13(9-7-12)16(20)14-4-2-3-5-15(14)17/h2-9,16,20H,10H2,1H3,(H,18,19). The summed E-state index contributed by atoms with van der Waals surface area (Å²) in [5.41, 5.74) is 2.43. The molecular weight excluding hydrogens is 274 g/mol. The van der Waals surface area contributed by atoms with Crippen LogP contribution in [-0.2, 0) is 11.3 Å². The molecule has 2 aromatic carbocycles. The van der Waals surface area contributed by atoms with Gasteiger partial charge in [-0.3, -0.25) is 4.79 Å². The molecule has 1 amide bonds. The fourth-order valence-corrected chi connectivity index (χ4v) is 2.16. The second-order valence-electron chi connectivity index (χ2n) is 4.58. The van der Waals surface area contributed by atoms with Crippen LogP contribution in [-0.4, -0.2) is 11.0 Å². The molecule has 0 fully saturated rings. The quantitative estimate of drug-likeness (QED) is 0.909. The lowest BCUT2D eigenvalue weighted by Gasteiger charge is -2.13. The van der Waals surface area contributed by atoms with E-state index in [0.717, 1.165) is 11.1 Å². The lowest BCUT2D eigenvalue weighted by molar-refractivity contribution is -0.119. The molecule has 0 radical (unpaired) electrons. The van der Waals surface area contributed by atoms with Gasteiger partial charge in [0.1, 0.15) is 6.10 Å². The van der Waals surface area contributed by atoms with Gasteiger partial charge in [-0.15, -0.1) is 0 Å². The fourth-order valence-electron chi connectivity index (χ4n) is 1.92. The number of nitrogens with one attached hydrogen (secondary N) is 1. The first kappa shape index (κ1) is 14.6. The van der Waals surface area contributed by atoms with E-state index < -0.39 is 6.10 Å². The first-order chi connectivity index (χ1) is 9.58. The van der Waals surface area contributed by atoms with Gasteiger partial charge in [-0.2, -0.15) is 0 Å². The van der Waals surface area contributed by atoms with Gasteiger partial charge in [0.25, 0.3) is 0 Å². The predicted octanol–water partition coefficient (Wildman–Crippen LogP) is 3.06. The van der Waals surface area contributed by atoms with Gasteiger partial charge in [0.15, 0.2) is 0 Å². The van der Waals surface area contributed by atoms with Gasteiger partial charge in [-0.1, -0.05) is 54.1 Å². The molecule has 2 aromatic rings. The Morgan fingerprint density at radius 3 is 2.45 bits per heavy atom. The molecule has 2 rings (SSSR count). The molecule has 3 nitrogen and oxygen atoms in total. The molecule has 0 saturated carbocycles. The molecule has 0 heterocycles. The number of amides is 1. The second-order valence-corrected chi connectivity index (χ2v) is 4.98. The highest BCUT2D eigenvalue weighted by molar-refractivity contribution is 6.31. The fraction of sp³-hybridized carbons (Fsp3) is 0.188. The molecule has 0 bridgehead atoms. The normalized spacial score (nSPS) is 11.9. The van der Waals surface area contributed by atoms with Crippen LogP contribution in [0, 0.1) is 0 Å². The van der Waals surface area contributed by atoms with E-state index in [1.54, 1.807) is 12.1 Å². The van der Waals surface area contributed by atoms with Crippen molar-refractivity contribution in [2.45, 2.75) is 19.6 Å². The van der Waals surface area contributed by atoms with Gasteiger partial charge in [-0.05, 0) is 17.2 Å². The first-order valence-electron chi connectivity index (χ1n) is 6.33. The van der Waals surface area contributed by atoms with Crippen LogP contribution in [0.1, 0.15) is 29.7 Å². The highest BCUT2D eigenvalue weighted by atomic mass is 35.5. The zero-order chi connectivity index (χ0) is 14.5. The average molecular weight is 290 g/mol. The molecule has 0 saturated heterocycles. The van der Waals surface area contributed by atoms with E-state index in [2.05, 4.69) is 5.32 Å². The Hall–Kier alpha value is -1.84. The minimum atomic E-state index is -0.751. The van der Waals surface area contributed by atoms with Crippen molar-refractivity contribution in [2.24, 2.45) is 0 Å². The molecule has 0 aliphatic carbocycles. The maximum Gasteiger partial charge on any atom is 0.217 e. The van der Waals surface area contributed by atoms with Gasteiger partial charge in [0.2, 0.25) is 5.91 Å². The smallest absolute Gasteiger partial charge is 0.217 e. The summed E-state index contributed by atoms with van der Waals surface area (Å²) in [5.74, 6) is -0.0646. The molecule has 0 aliphatic heterocycles. The highest BCUT2D eigenvalue weighted by Gasteiger charge is 2.13. The molecule has 4 heteroatoms. The van der Waals surface area contributed by atoms with Gasteiger partial charge >= 0.3 is 0 Å². The van der Waals surface area contributed by atoms with Crippen molar-refractivity contribution in [1.29, 1.82) is 0 Å². The Bertz CT molecular complexity index is 596. The van der Waals surface area contributed by atoms with E-state index >= 15 is 0 Å². The van der Waals surface area contributed by atoms with Crippen molar-refractivity contribution in [1.82, 2.24) is 5.32 Å². The van der Waals surface area contributed by atoms with Gasteiger partial charge in [0.05, 0.1) is 0 Å². The van der Waals surface area contributed by atoms with E-state index in [1.807, 2.05) is 36.4 Å². The number of rotatable bonds is 4. The topological polar surface area (TPSA) is 49.3 Å². The summed E-state index contributed by atoms with van der Waals surface area (Å²) in [6, 6.07) is 14.7. The molecular formula is C16H16ClNO2. The van der Waals surface area contributed by atoms with E-state index in [0.29, 0.717) is 17.1 Å². The van der Waals surface area contributed by atoms with E-state index in [1.165, 1.54) is 6.92 Å². The summed E-state index contributed by atoms with van der Waals surface area (Å²) in [6.45, 7) is 1.97.